The predicted molar refractivity (Wildman–Crippen MR) is 96.8 cm³/mol. The van der Waals surface area contributed by atoms with Gasteiger partial charge in [0.05, 0.1) is 16.0 Å². The fourth-order valence-electron chi connectivity index (χ4n) is 3.16. The molecule has 1 aromatic carbocycles. The largest absolute Gasteiger partial charge is 0.314 e. The van der Waals surface area contributed by atoms with E-state index in [-0.39, 0.29) is 23.9 Å². The van der Waals surface area contributed by atoms with E-state index in [9.17, 15) is 13.2 Å². The maximum absolute atomic E-state index is 13.0. The molecular weight excluding hydrogens is 324 g/mol. The van der Waals surface area contributed by atoms with Gasteiger partial charge in [0.1, 0.15) is 0 Å². The topological polar surface area (TPSA) is 57.7 Å². The number of aryl methyl sites for hydroxylation is 1. The molecule has 0 bridgehead atoms. The summed E-state index contributed by atoms with van der Waals surface area (Å²) in [5, 5.41) is 0. The van der Waals surface area contributed by atoms with E-state index in [4.69, 9.17) is 0 Å². The van der Waals surface area contributed by atoms with Crippen LogP contribution in [0.1, 0.15) is 25.0 Å². The van der Waals surface area contributed by atoms with E-state index < -0.39 is 15.4 Å². The second kappa shape index (κ2) is 6.18. The molecule has 0 atom stereocenters. The molecule has 1 amide bonds. The van der Waals surface area contributed by atoms with Crippen LogP contribution in [0, 0.1) is 6.92 Å². The van der Waals surface area contributed by atoms with Gasteiger partial charge in [-0.1, -0.05) is 12.2 Å². The van der Waals surface area contributed by atoms with Crippen molar-refractivity contribution in [1.82, 2.24) is 4.31 Å². The molecule has 0 saturated carbocycles. The number of carbonyl (C=O) groups excluding carboxylic acids is 1. The van der Waals surface area contributed by atoms with Crippen molar-refractivity contribution < 1.29 is 13.2 Å². The molecule has 1 aliphatic rings. The molecule has 2 rings (SSSR count). The molecule has 0 fully saturated rings. The van der Waals surface area contributed by atoms with Crippen LogP contribution in [0.15, 0.2) is 42.3 Å². The molecule has 5 nitrogen and oxygen atoms in total. The number of hydrogen-bond acceptors (Lipinski definition) is 3. The van der Waals surface area contributed by atoms with Crippen LogP contribution in [0.3, 0.4) is 0 Å². The summed E-state index contributed by atoms with van der Waals surface area (Å²) in [6, 6.07) is 3.25. The molecule has 6 heteroatoms. The first-order chi connectivity index (χ1) is 11.1. The van der Waals surface area contributed by atoms with Crippen LogP contribution in [0.2, 0.25) is 0 Å². The molecule has 1 aliphatic heterocycles. The molecular formula is C18H24N2O3S. The van der Waals surface area contributed by atoms with Crippen LogP contribution in [0.5, 0.6) is 0 Å². The molecule has 1 heterocycles. The summed E-state index contributed by atoms with van der Waals surface area (Å²) in [7, 11) is -1.97. The second-order valence-corrected chi connectivity index (χ2v) is 8.46. The van der Waals surface area contributed by atoms with Gasteiger partial charge in [0.2, 0.25) is 15.9 Å². The van der Waals surface area contributed by atoms with Gasteiger partial charge in [-0.15, -0.1) is 13.2 Å². The zero-order chi connectivity index (χ0) is 18.3. The number of likely N-dealkylation sites (N-methyl/N-ethyl adjacent to an activating group) is 1. The molecule has 0 aromatic heterocycles. The molecule has 0 N–H and O–H groups in total. The lowest BCUT2D eigenvalue weighted by Crippen LogP contribution is -2.33. The summed E-state index contributed by atoms with van der Waals surface area (Å²) < 4.78 is 27.2. The Morgan fingerprint density at radius 2 is 1.75 bits per heavy atom. The van der Waals surface area contributed by atoms with Gasteiger partial charge in [-0.25, -0.2) is 8.42 Å². The Morgan fingerprint density at radius 1 is 1.21 bits per heavy atom. The third-order valence-electron chi connectivity index (χ3n) is 4.43. The summed E-state index contributed by atoms with van der Waals surface area (Å²) in [6.07, 6.45) is 3.09. The number of sulfonamides is 1. The predicted octanol–water partition coefficient (Wildman–Crippen LogP) is 2.61. The Morgan fingerprint density at radius 3 is 2.25 bits per heavy atom. The van der Waals surface area contributed by atoms with E-state index in [1.165, 1.54) is 4.31 Å². The van der Waals surface area contributed by atoms with Gasteiger partial charge in [0.15, 0.2) is 0 Å². The van der Waals surface area contributed by atoms with E-state index in [0.29, 0.717) is 0 Å². The van der Waals surface area contributed by atoms with Gasteiger partial charge >= 0.3 is 0 Å². The monoisotopic (exact) mass is 348 g/mol. The number of fused-ring (bicyclic) bond motifs is 1. The molecule has 1 aromatic rings. The Balaban J connectivity index is 2.65. The summed E-state index contributed by atoms with van der Waals surface area (Å²) in [6.45, 7) is 13.1. The Hall–Kier alpha value is -1.92. The molecule has 0 spiro atoms. The average Bonchev–Trinajstić information content (AvgIpc) is 2.68. The van der Waals surface area contributed by atoms with Gasteiger partial charge < -0.3 is 4.90 Å². The minimum atomic E-state index is -3.69. The van der Waals surface area contributed by atoms with E-state index in [1.54, 1.807) is 36.2 Å². The molecule has 0 unspecified atom stereocenters. The van der Waals surface area contributed by atoms with Gasteiger partial charge in [-0.3, -0.25) is 4.79 Å². The Bertz CT molecular complexity index is 800. The van der Waals surface area contributed by atoms with Crippen molar-refractivity contribution in [1.29, 1.82) is 0 Å². The summed E-state index contributed by atoms with van der Waals surface area (Å²) in [5.41, 5.74) is 1.56. The van der Waals surface area contributed by atoms with Crippen molar-refractivity contribution in [2.75, 3.05) is 25.0 Å². The SMILES string of the molecule is C=CCN(CC=C)S(=O)(=O)c1cc(C)c2c(c1)C(C)(C)C(=O)N2C. The first kappa shape index (κ1) is 18.4. The van der Waals surface area contributed by atoms with Crippen LogP contribution in [-0.4, -0.2) is 38.8 Å². The number of benzene rings is 1. The number of carbonyl (C=O) groups is 1. The van der Waals surface area contributed by atoms with Crippen molar-refractivity contribution in [3.8, 4) is 0 Å². The fraction of sp³-hybridized carbons (Fsp3) is 0.389. The van der Waals surface area contributed by atoms with Crippen LogP contribution >= 0.6 is 0 Å². The fourth-order valence-corrected chi connectivity index (χ4v) is 4.65. The lowest BCUT2D eigenvalue weighted by Gasteiger charge is -2.21. The molecule has 0 radical (unpaired) electrons. The van der Waals surface area contributed by atoms with Gasteiger partial charge in [0.25, 0.3) is 0 Å². The maximum Gasteiger partial charge on any atom is 0.243 e. The summed E-state index contributed by atoms with van der Waals surface area (Å²) in [5.74, 6) is -0.0378. The normalized spacial score (nSPS) is 16.4. The first-order valence-electron chi connectivity index (χ1n) is 7.74. The first-order valence-corrected chi connectivity index (χ1v) is 9.18. The quantitative estimate of drug-likeness (QED) is 0.743. The lowest BCUT2D eigenvalue weighted by molar-refractivity contribution is -0.121. The zero-order valence-corrected chi connectivity index (χ0v) is 15.5. The van der Waals surface area contributed by atoms with Gasteiger partial charge in [0, 0.05) is 20.1 Å². The standard InChI is InChI=1S/C18H24N2O3S/c1-7-9-20(10-8-2)24(22,23)14-11-13(3)16-15(12-14)18(4,5)17(21)19(16)6/h7-8,11-12H,1-2,9-10H2,3-6H3. The summed E-state index contributed by atoms with van der Waals surface area (Å²) >= 11 is 0. The molecule has 0 saturated heterocycles. The van der Waals surface area contributed by atoms with E-state index in [0.717, 1.165) is 16.8 Å². The number of nitrogens with zero attached hydrogens (tertiary/aromatic N) is 2. The van der Waals surface area contributed by atoms with Crippen LogP contribution in [0.4, 0.5) is 5.69 Å². The van der Waals surface area contributed by atoms with Crippen molar-refractivity contribution in [3.63, 3.8) is 0 Å². The highest BCUT2D eigenvalue weighted by Crippen LogP contribution is 2.44. The van der Waals surface area contributed by atoms with E-state index >= 15 is 0 Å². The zero-order valence-electron chi connectivity index (χ0n) is 14.7. The van der Waals surface area contributed by atoms with E-state index in [2.05, 4.69) is 13.2 Å². The minimum Gasteiger partial charge on any atom is -0.314 e. The van der Waals surface area contributed by atoms with Crippen LogP contribution in [-0.2, 0) is 20.2 Å². The van der Waals surface area contributed by atoms with Gasteiger partial charge in [-0.05, 0) is 44.0 Å². The Kier molecular flexibility index (Phi) is 4.74. The number of rotatable bonds is 6. The molecule has 24 heavy (non-hydrogen) atoms. The van der Waals surface area contributed by atoms with Crippen LogP contribution < -0.4 is 4.90 Å². The van der Waals surface area contributed by atoms with Crippen LogP contribution in [0.25, 0.3) is 0 Å². The average molecular weight is 348 g/mol. The van der Waals surface area contributed by atoms with Crippen molar-refractivity contribution in [3.05, 3.63) is 48.6 Å². The Labute approximate surface area is 144 Å². The third kappa shape index (κ3) is 2.70. The number of amides is 1. The third-order valence-corrected chi connectivity index (χ3v) is 6.23. The van der Waals surface area contributed by atoms with E-state index in [1.807, 2.05) is 20.8 Å². The molecule has 130 valence electrons. The maximum atomic E-state index is 13.0. The highest BCUT2D eigenvalue weighted by Gasteiger charge is 2.44. The minimum absolute atomic E-state index is 0.0378. The van der Waals surface area contributed by atoms with Crippen molar-refractivity contribution >= 4 is 21.6 Å². The molecule has 0 aliphatic carbocycles. The van der Waals surface area contributed by atoms with Crippen molar-refractivity contribution in [2.45, 2.75) is 31.1 Å². The van der Waals surface area contributed by atoms with Gasteiger partial charge in [-0.2, -0.15) is 4.31 Å². The summed E-state index contributed by atoms with van der Waals surface area (Å²) in [4.78, 5) is 14.3. The number of hydrogen-bond donors (Lipinski definition) is 0. The second-order valence-electron chi connectivity index (χ2n) is 6.52. The van der Waals surface area contributed by atoms with Crippen molar-refractivity contribution in [2.24, 2.45) is 0 Å². The highest BCUT2D eigenvalue weighted by atomic mass is 32.2. The highest BCUT2D eigenvalue weighted by molar-refractivity contribution is 7.89. The number of anilines is 1. The lowest BCUT2D eigenvalue weighted by atomic mass is 9.85. The smallest absolute Gasteiger partial charge is 0.243 e.